The lowest BCUT2D eigenvalue weighted by atomic mass is 9.96. The summed E-state index contributed by atoms with van der Waals surface area (Å²) < 4.78 is 5.80. The number of aryl methyl sites for hydroxylation is 1. The monoisotopic (exact) mass is 494 g/mol. The summed E-state index contributed by atoms with van der Waals surface area (Å²) in [7, 11) is 1.52. The minimum atomic E-state index is -0.975. The summed E-state index contributed by atoms with van der Waals surface area (Å²) >= 11 is 3.37. The van der Waals surface area contributed by atoms with Gasteiger partial charge in [-0.1, -0.05) is 12.1 Å². The molecule has 1 aliphatic heterocycles. The van der Waals surface area contributed by atoms with Crippen LogP contribution in [0.4, 0.5) is 5.69 Å². The quantitative estimate of drug-likeness (QED) is 0.314. The Balaban J connectivity index is 1.96. The highest BCUT2D eigenvalue weighted by molar-refractivity contribution is 9.10. The van der Waals surface area contributed by atoms with E-state index in [0.29, 0.717) is 21.3 Å². The summed E-state index contributed by atoms with van der Waals surface area (Å²) in [6.07, 6.45) is 3.09. The van der Waals surface area contributed by atoms with Crippen molar-refractivity contribution in [2.75, 3.05) is 12.0 Å². The van der Waals surface area contributed by atoms with E-state index in [2.05, 4.69) is 20.9 Å². The van der Waals surface area contributed by atoms with Crippen molar-refractivity contribution in [2.24, 2.45) is 0 Å². The number of phenols is 1. The molecule has 8 heteroatoms. The number of aromatic nitrogens is 1. The minimum absolute atomic E-state index is 0.0963. The summed E-state index contributed by atoms with van der Waals surface area (Å²) in [6, 6.07) is 12.0. The Bertz CT molecular complexity index is 1260. The molecule has 1 aliphatic rings. The van der Waals surface area contributed by atoms with Crippen LogP contribution in [0.3, 0.4) is 0 Å². The number of hydrogen-bond acceptors (Lipinski definition) is 6. The van der Waals surface area contributed by atoms with Crippen molar-refractivity contribution in [1.29, 1.82) is 0 Å². The number of carbonyl (C=O) groups excluding carboxylic acids is 2. The molecule has 1 unspecified atom stereocenters. The molecule has 0 spiro atoms. The molecule has 3 aromatic rings. The molecule has 1 atom stereocenters. The standard InChI is InChI=1S/C24H19BrN2O5/c1-13-5-7-18(28)17(10-13)27-21(15-4-3-9-26-12-15)20(23(30)24(27)31)22(29)14-6-8-19(32-2)16(25)11-14/h3-12,21,28-29H,1-2H3/b22-20-. The minimum Gasteiger partial charge on any atom is -0.507 e. The van der Waals surface area contributed by atoms with Crippen LogP contribution in [-0.2, 0) is 9.59 Å². The van der Waals surface area contributed by atoms with Crippen molar-refractivity contribution in [2.45, 2.75) is 13.0 Å². The number of phenolic OH excluding ortho intramolecular Hbond substituents is 1. The van der Waals surface area contributed by atoms with E-state index in [1.807, 2.05) is 6.92 Å². The molecule has 0 bridgehead atoms. The normalized spacial score (nSPS) is 17.6. The third-order valence-electron chi connectivity index (χ3n) is 5.26. The number of hydrogen-bond donors (Lipinski definition) is 2. The molecule has 2 aromatic carbocycles. The van der Waals surface area contributed by atoms with Crippen LogP contribution >= 0.6 is 15.9 Å². The molecule has 1 amide bonds. The SMILES string of the molecule is COc1ccc(/C(O)=C2/C(=O)C(=O)N(c3cc(C)ccc3O)C2c2cccnc2)cc1Br. The smallest absolute Gasteiger partial charge is 0.300 e. The van der Waals surface area contributed by atoms with Gasteiger partial charge in [-0.25, -0.2) is 0 Å². The van der Waals surface area contributed by atoms with Crippen LogP contribution in [0.15, 0.2) is 71.0 Å². The first-order valence-electron chi connectivity index (χ1n) is 9.68. The average Bonchev–Trinajstić information content (AvgIpc) is 3.06. The van der Waals surface area contributed by atoms with E-state index in [1.54, 1.807) is 48.7 Å². The molecule has 32 heavy (non-hydrogen) atoms. The fraction of sp³-hybridized carbons (Fsp3) is 0.125. The second-order valence-electron chi connectivity index (χ2n) is 7.30. The van der Waals surface area contributed by atoms with E-state index >= 15 is 0 Å². The predicted molar refractivity (Wildman–Crippen MR) is 123 cm³/mol. The number of nitrogens with zero attached hydrogens (tertiary/aromatic N) is 2. The van der Waals surface area contributed by atoms with Crippen LogP contribution in [0.1, 0.15) is 22.7 Å². The van der Waals surface area contributed by atoms with Gasteiger partial charge in [0.25, 0.3) is 11.7 Å². The van der Waals surface area contributed by atoms with E-state index in [9.17, 15) is 19.8 Å². The number of carbonyl (C=O) groups is 2. The van der Waals surface area contributed by atoms with E-state index in [-0.39, 0.29) is 22.8 Å². The zero-order valence-corrected chi connectivity index (χ0v) is 18.8. The van der Waals surface area contributed by atoms with Gasteiger partial charge in [0.15, 0.2) is 0 Å². The molecule has 0 aliphatic carbocycles. The van der Waals surface area contributed by atoms with Crippen molar-refractivity contribution >= 4 is 39.1 Å². The topological polar surface area (TPSA) is 100.0 Å². The summed E-state index contributed by atoms with van der Waals surface area (Å²) in [5, 5.41) is 21.6. The van der Waals surface area contributed by atoms with Gasteiger partial charge in [0.05, 0.1) is 28.9 Å². The second-order valence-corrected chi connectivity index (χ2v) is 8.15. The molecule has 7 nitrogen and oxygen atoms in total. The summed E-state index contributed by atoms with van der Waals surface area (Å²) in [5.41, 5.74) is 1.72. The Morgan fingerprint density at radius 2 is 1.94 bits per heavy atom. The lowest BCUT2D eigenvalue weighted by Gasteiger charge is -2.26. The Morgan fingerprint density at radius 1 is 1.16 bits per heavy atom. The third-order valence-corrected chi connectivity index (χ3v) is 5.88. The Morgan fingerprint density at radius 3 is 2.59 bits per heavy atom. The number of benzene rings is 2. The number of ketones is 1. The zero-order chi connectivity index (χ0) is 23.0. The first kappa shape index (κ1) is 21.6. The molecular weight excluding hydrogens is 476 g/mol. The number of aliphatic hydroxyl groups excluding tert-OH is 1. The number of rotatable bonds is 4. The maximum Gasteiger partial charge on any atom is 0.300 e. The van der Waals surface area contributed by atoms with Gasteiger partial charge < -0.3 is 14.9 Å². The van der Waals surface area contributed by atoms with Gasteiger partial charge in [-0.05, 0) is 70.4 Å². The molecule has 1 aromatic heterocycles. The summed E-state index contributed by atoms with van der Waals surface area (Å²) in [4.78, 5) is 31.6. The predicted octanol–water partition coefficient (Wildman–Crippen LogP) is 4.49. The molecule has 2 N–H and O–H groups in total. The van der Waals surface area contributed by atoms with Crippen LogP contribution in [0.2, 0.25) is 0 Å². The Kier molecular flexibility index (Phi) is 5.71. The van der Waals surface area contributed by atoms with Crippen molar-refractivity contribution in [3.05, 3.63) is 87.7 Å². The first-order chi connectivity index (χ1) is 15.3. The van der Waals surface area contributed by atoms with Crippen molar-refractivity contribution < 1.29 is 24.5 Å². The fourth-order valence-electron chi connectivity index (χ4n) is 3.73. The Hall–Kier alpha value is -3.65. The molecule has 0 saturated carbocycles. The number of amides is 1. The first-order valence-corrected chi connectivity index (χ1v) is 10.5. The Labute approximate surface area is 192 Å². The van der Waals surface area contributed by atoms with Gasteiger partial charge in [-0.3, -0.25) is 19.5 Å². The second kappa shape index (κ2) is 8.47. The van der Waals surface area contributed by atoms with Gasteiger partial charge in [-0.15, -0.1) is 0 Å². The number of aromatic hydroxyl groups is 1. The highest BCUT2D eigenvalue weighted by Crippen LogP contribution is 2.45. The number of anilines is 1. The van der Waals surface area contributed by atoms with Crippen molar-refractivity contribution in [3.8, 4) is 11.5 Å². The lowest BCUT2D eigenvalue weighted by molar-refractivity contribution is -0.132. The van der Waals surface area contributed by atoms with Gasteiger partial charge >= 0.3 is 0 Å². The lowest BCUT2D eigenvalue weighted by Crippen LogP contribution is -2.29. The van der Waals surface area contributed by atoms with Gasteiger partial charge in [0.1, 0.15) is 17.3 Å². The number of Topliss-reactive ketones (excluding diaryl/α,β-unsaturated/α-hetero) is 1. The van der Waals surface area contributed by atoms with Crippen molar-refractivity contribution in [3.63, 3.8) is 0 Å². The van der Waals surface area contributed by atoms with Crippen LogP contribution in [0.25, 0.3) is 5.76 Å². The maximum atomic E-state index is 13.1. The highest BCUT2D eigenvalue weighted by Gasteiger charge is 2.47. The largest absolute Gasteiger partial charge is 0.507 e. The average molecular weight is 495 g/mol. The van der Waals surface area contributed by atoms with Crippen LogP contribution < -0.4 is 9.64 Å². The van der Waals surface area contributed by atoms with E-state index < -0.39 is 17.7 Å². The summed E-state index contributed by atoms with van der Waals surface area (Å²) in [5.74, 6) is -1.65. The summed E-state index contributed by atoms with van der Waals surface area (Å²) in [6.45, 7) is 1.81. The van der Waals surface area contributed by atoms with Crippen LogP contribution in [0, 0.1) is 6.92 Å². The van der Waals surface area contributed by atoms with E-state index in [4.69, 9.17) is 4.74 Å². The van der Waals surface area contributed by atoms with Crippen molar-refractivity contribution in [1.82, 2.24) is 4.98 Å². The molecule has 1 fully saturated rings. The maximum absolute atomic E-state index is 13.1. The molecule has 4 rings (SSSR count). The third kappa shape index (κ3) is 3.62. The zero-order valence-electron chi connectivity index (χ0n) is 17.2. The number of pyridine rings is 1. The molecule has 162 valence electrons. The van der Waals surface area contributed by atoms with Gasteiger partial charge in [-0.2, -0.15) is 0 Å². The van der Waals surface area contributed by atoms with Crippen LogP contribution in [0.5, 0.6) is 11.5 Å². The van der Waals surface area contributed by atoms with Gasteiger partial charge in [0.2, 0.25) is 0 Å². The fourth-order valence-corrected chi connectivity index (χ4v) is 4.27. The van der Waals surface area contributed by atoms with E-state index in [0.717, 1.165) is 5.56 Å². The van der Waals surface area contributed by atoms with Gasteiger partial charge in [0, 0.05) is 18.0 Å². The number of ether oxygens (including phenoxy) is 1. The molecule has 0 radical (unpaired) electrons. The number of methoxy groups -OCH3 is 1. The van der Waals surface area contributed by atoms with Crippen LogP contribution in [-0.4, -0.2) is 34.0 Å². The molecule has 2 heterocycles. The number of aliphatic hydroxyl groups is 1. The van der Waals surface area contributed by atoms with E-state index in [1.165, 1.54) is 24.3 Å². The highest BCUT2D eigenvalue weighted by atomic mass is 79.9. The molecular formula is C24H19BrN2O5. The number of halogens is 1. The molecule has 1 saturated heterocycles.